The number of likely N-dealkylation sites (tertiary alicyclic amines) is 2. The Morgan fingerprint density at radius 1 is 1.35 bits per heavy atom. The van der Waals surface area contributed by atoms with E-state index in [9.17, 15) is 9.18 Å². The largest absolute Gasteiger partial charge is 0.385 e. The molecule has 2 saturated heterocycles. The summed E-state index contributed by atoms with van der Waals surface area (Å²) in [5, 5.41) is 1.65. The number of fused-ring (bicyclic) bond motifs is 1. The number of methoxy groups -OCH3 is 1. The van der Waals surface area contributed by atoms with Gasteiger partial charge in [0.1, 0.15) is 10.7 Å². The van der Waals surface area contributed by atoms with Crippen LogP contribution in [0.3, 0.4) is 0 Å². The lowest BCUT2D eigenvalue weighted by Gasteiger charge is -2.21. The number of thiophene rings is 1. The highest BCUT2D eigenvalue weighted by Gasteiger charge is 2.37. The van der Waals surface area contributed by atoms with Crippen molar-refractivity contribution in [1.82, 2.24) is 9.80 Å². The second-order valence-corrected chi connectivity index (χ2v) is 7.51. The van der Waals surface area contributed by atoms with E-state index in [2.05, 4.69) is 4.90 Å². The van der Waals surface area contributed by atoms with Gasteiger partial charge < -0.3 is 14.5 Å². The molecule has 0 aromatic carbocycles. The zero-order chi connectivity index (χ0) is 16.2. The molecule has 0 radical (unpaired) electrons. The van der Waals surface area contributed by atoms with Crippen LogP contribution in [0.25, 0.3) is 0 Å². The molecule has 1 amide bonds. The van der Waals surface area contributed by atoms with Crippen molar-refractivity contribution in [1.29, 1.82) is 0 Å². The van der Waals surface area contributed by atoms with Gasteiger partial charge in [-0.1, -0.05) is 0 Å². The van der Waals surface area contributed by atoms with Gasteiger partial charge in [0.05, 0.1) is 0 Å². The number of nitrogens with zero attached hydrogens (tertiary/aromatic N) is 2. The molecular weight excluding hydrogens is 315 g/mol. The molecule has 23 heavy (non-hydrogen) atoms. The summed E-state index contributed by atoms with van der Waals surface area (Å²) in [6.45, 7) is 5.67. The van der Waals surface area contributed by atoms with Crippen molar-refractivity contribution in [3.05, 3.63) is 22.1 Å². The highest BCUT2D eigenvalue weighted by atomic mass is 32.1. The molecule has 6 heteroatoms. The summed E-state index contributed by atoms with van der Waals surface area (Å²) < 4.78 is 18.8. The number of hydrogen-bond acceptors (Lipinski definition) is 4. The van der Waals surface area contributed by atoms with Crippen molar-refractivity contribution in [3.8, 4) is 0 Å². The smallest absolute Gasteiger partial charge is 0.266 e. The Hall–Kier alpha value is -0.980. The lowest BCUT2D eigenvalue weighted by Crippen LogP contribution is -2.31. The minimum atomic E-state index is -0.378. The minimum absolute atomic E-state index is 0.123. The van der Waals surface area contributed by atoms with E-state index in [0.29, 0.717) is 11.8 Å². The van der Waals surface area contributed by atoms with Crippen LogP contribution in [0.2, 0.25) is 0 Å². The first kappa shape index (κ1) is 16.9. The summed E-state index contributed by atoms with van der Waals surface area (Å²) in [6.07, 6.45) is 3.34. The van der Waals surface area contributed by atoms with Crippen LogP contribution in [-0.4, -0.2) is 62.1 Å². The standard InChI is InChI=1S/C17H25FN2O2S/c1-22-9-2-6-19-7-3-13-11-20(12-14(13)4-8-19)17(21)16-15(18)5-10-23-16/h5,10,13-14H,2-4,6-9,11-12H2,1H3/t13-,14+. The second kappa shape index (κ2) is 7.73. The molecule has 0 N–H and O–H groups in total. The van der Waals surface area contributed by atoms with Crippen LogP contribution < -0.4 is 0 Å². The molecule has 1 aromatic rings. The molecule has 128 valence electrons. The Balaban J connectivity index is 1.53. The van der Waals surface area contributed by atoms with Crippen LogP contribution in [0.4, 0.5) is 4.39 Å². The third-order valence-corrected chi connectivity index (χ3v) is 6.01. The highest BCUT2D eigenvalue weighted by Crippen LogP contribution is 2.33. The molecule has 2 fully saturated rings. The molecule has 0 unspecified atom stereocenters. The van der Waals surface area contributed by atoms with Gasteiger partial charge in [-0.3, -0.25) is 4.79 Å². The zero-order valence-corrected chi connectivity index (χ0v) is 14.5. The van der Waals surface area contributed by atoms with Crippen LogP contribution in [0, 0.1) is 17.7 Å². The number of hydrogen-bond donors (Lipinski definition) is 0. The Morgan fingerprint density at radius 3 is 2.61 bits per heavy atom. The van der Waals surface area contributed by atoms with Crippen molar-refractivity contribution in [2.75, 3.05) is 46.4 Å². The Kier molecular flexibility index (Phi) is 5.67. The molecule has 4 nitrogen and oxygen atoms in total. The van der Waals surface area contributed by atoms with Gasteiger partial charge >= 0.3 is 0 Å². The quantitative estimate of drug-likeness (QED) is 0.773. The molecule has 1 aromatic heterocycles. The van der Waals surface area contributed by atoms with Crippen molar-refractivity contribution >= 4 is 17.2 Å². The van der Waals surface area contributed by atoms with E-state index in [-0.39, 0.29) is 16.6 Å². The number of amides is 1. The third kappa shape index (κ3) is 3.92. The van der Waals surface area contributed by atoms with Gasteiger partial charge in [0.2, 0.25) is 0 Å². The first-order chi connectivity index (χ1) is 11.2. The molecule has 2 aliphatic rings. The molecule has 3 rings (SSSR count). The van der Waals surface area contributed by atoms with Crippen molar-refractivity contribution < 1.29 is 13.9 Å². The lowest BCUT2D eigenvalue weighted by molar-refractivity contribution is 0.0780. The van der Waals surface area contributed by atoms with Gasteiger partial charge in [0, 0.05) is 33.4 Å². The van der Waals surface area contributed by atoms with E-state index in [4.69, 9.17) is 4.74 Å². The molecule has 3 heterocycles. The maximum atomic E-state index is 13.6. The molecule has 2 atom stereocenters. The summed E-state index contributed by atoms with van der Waals surface area (Å²) in [6, 6.07) is 1.38. The van der Waals surface area contributed by atoms with E-state index >= 15 is 0 Å². The number of rotatable bonds is 5. The van der Waals surface area contributed by atoms with Crippen LogP contribution in [-0.2, 0) is 4.74 Å². The van der Waals surface area contributed by atoms with Crippen molar-refractivity contribution in [3.63, 3.8) is 0 Å². The Morgan fingerprint density at radius 2 is 2.04 bits per heavy atom. The van der Waals surface area contributed by atoms with Crippen LogP contribution >= 0.6 is 11.3 Å². The average molecular weight is 340 g/mol. The van der Waals surface area contributed by atoms with Gasteiger partial charge in [-0.05, 0) is 55.6 Å². The lowest BCUT2D eigenvalue weighted by atomic mass is 9.92. The highest BCUT2D eigenvalue weighted by molar-refractivity contribution is 7.12. The Bertz CT molecular complexity index is 520. The van der Waals surface area contributed by atoms with E-state index in [1.165, 1.54) is 17.4 Å². The fourth-order valence-corrected chi connectivity index (χ4v) is 4.55. The Labute approximate surface area is 141 Å². The third-order valence-electron chi connectivity index (χ3n) is 5.13. The summed E-state index contributed by atoms with van der Waals surface area (Å²) >= 11 is 1.21. The normalized spacial score (nSPS) is 25.4. The number of ether oxygens (including phenoxy) is 1. The van der Waals surface area contributed by atoms with Crippen molar-refractivity contribution in [2.24, 2.45) is 11.8 Å². The summed E-state index contributed by atoms with van der Waals surface area (Å²) in [5.74, 6) is 0.628. The molecule has 0 aliphatic carbocycles. The predicted molar refractivity (Wildman–Crippen MR) is 89.3 cm³/mol. The fraction of sp³-hybridized carbons (Fsp3) is 0.706. The number of halogens is 1. The summed E-state index contributed by atoms with van der Waals surface area (Å²) in [4.78, 5) is 17.1. The molecular formula is C17H25FN2O2S. The number of carbonyl (C=O) groups is 1. The predicted octanol–water partition coefficient (Wildman–Crippen LogP) is 2.71. The van der Waals surface area contributed by atoms with Crippen LogP contribution in [0.1, 0.15) is 28.9 Å². The topological polar surface area (TPSA) is 32.8 Å². The monoisotopic (exact) mass is 340 g/mol. The first-order valence-corrected chi connectivity index (χ1v) is 9.30. The molecule has 0 saturated carbocycles. The van der Waals surface area contributed by atoms with Gasteiger partial charge in [-0.25, -0.2) is 4.39 Å². The summed E-state index contributed by atoms with van der Waals surface area (Å²) in [5.41, 5.74) is 0. The van der Waals surface area contributed by atoms with Gasteiger partial charge in [0.25, 0.3) is 5.91 Å². The SMILES string of the molecule is COCCCN1CC[C@@H]2CN(C(=O)c3sccc3F)C[C@@H]2CC1. The average Bonchev–Trinajstić information content (AvgIpc) is 3.11. The molecule has 2 aliphatic heterocycles. The fourth-order valence-electron chi connectivity index (χ4n) is 3.81. The van der Waals surface area contributed by atoms with Crippen molar-refractivity contribution in [2.45, 2.75) is 19.3 Å². The molecule has 0 spiro atoms. The van der Waals surface area contributed by atoms with Gasteiger partial charge in [-0.2, -0.15) is 0 Å². The van der Waals surface area contributed by atoms with E-state index in [1.54, 1.807) is 12.5 Å². The molecule has 0 bridgehead atoms. The second-order valence-electron chi connectivity index (χ2n) is 6.59. The van der Waals surface area contributed by atoms with E-state index in [0.717, 1.165) is 58.6 Å². The number of carbonyl (C=O) groups excluding carboxylic acids is 1. The summed E-state index contributed by atoms with van der Waals surface area (Å²) in [7, 11) is 1.74. The van der Waals surface area contributed by atoms with Gasteiger partial charge in [0.15, 0.2) is 0 Å². The van der Waals surface area contributed by atoms with Crippen LogP contribution in [0.15, 0.2) is 11.4 Å². The van der Waals surface area contributed by atoms with Crippen LogP contribution in [0.5, 0.6) is 0 Å². The maximum absolute atomic E-state index is 13.6. The maximum Gasteiger partial charge on any atom is 0.266 e. The zero-order valence-electron chi connectivity index (χ0n) is 13.7. The van der Waals surface area contributed by atoms with E-state index < -0.39 is 0 Å². The van der Waals surface area contributed by atoms with E-state index in [1.807, 2.05) is 4.90 Å². The first-order valence-electron chi connectivity index (χ1n) is 8.42. The minimum Gasteiger partial charge on any atom is -0.385 e. The van der Waals surface area contributed by atoms with Gasteiger partial charge in [-0.15, -0.1) is 11.3 Å².